The minimum absolute atomic E-state index is 0.0624. The maximum Gasteiger partial charge on any atom is 0.0344 e. The van der Waals surface area contributed by atoms with Crippen LogP contribution in [-0.2, 0) is 5.41 Å². The summed E-state index contributed by atoms with van der Waals surface area (Å²) in [5, 5.41) is 3.73. The topological polar surface area (TPSA) is 12.0 Å². The van der Waals surface area contributed by atoms with Crippen LogP contribution in [0.4, 0.5) is 5.69 Å². The number of benzene rings is 2. The van der Waals surface area contributed by atoms with E-state index in [-0.39, 0.29) is 16.4 Å². The van der Waals surface area contributed by atoms with Crippen molar-refractivity contribution in [3.05, 3.63) is 71.3 Å². The Morgan fingerprint density at radius 3 is 1.87 bits per heavy atom. The highest BCUT2D eigenvalue weighted by molar-refractivity contribution is 5.51. The zero-order valence-electron chi connectivity index (χ0n) is 20.8. The molecule has 164 valence electrons. The van der Waals surface area contributed by atoms with Crippen molar-refractivity contribution in [2.75, 3.05) is 5.32 Å². The van der Waals surface area contributed by atoms with Gasteiger partial charge in [0, 0.05) is 11.2 Å². The number of hydrogen-bond donors (Lipinski definition) is 1. The molecule has 1 nitrogen and oxygen atoms in total. The molecule has 1 atom stereocenters. The predicted molar refractivity (Wildman–Crippen MR) is 135 cm³/mol. The second kappa shape index (κ2) is 9.41. The monoisotopic (exact) mass is 405 g/mol. The van der Waals surface area contributed by atoms with Gasteiger partial charge in [-0.2, -0.15) is 0 Å². The summed E-state index contributed by atoms with van der Waals surface area (Å²) >= 11 is 0. The summed E-state index contributed by atoms with van der Waals surface area (Å²) in [6.07, 6.45) is 6.79. The first-order valence-corrected chi connectivity index (χ1v) is 11.4. The number of nitrogens with one attached hydrogen (secondary N) is 1. The fourth-order valence-corrected chi connectivity index (χ4v) is 3.53. The summed E-state index contributed by atoms with van der Waals surface area (Å²) in [6.45, 7) is 20.4. The van der Waals surface area contributed by atoms with Gasteiger partial charge in [0.15, 0.2) is 0 Å². The lowest BCUT2D eigenvalue weighted by Crippen LogP contribution is -2.31. The molecule has 0 aliphatic carbocycles. The number of anilines is 1. The van der Waals surface area contributed by atoms with Crippen molar-refractivity contribution >= 4 is 11.8 Å². The van der Waals surface area contributed by atoms with Crippen LogP contribution in [0.1, 0.15) is 97.8 Å². The molecular formula is C29H43N. The van der Waals surface area contributed by atoms with Gasteiger partial charge in [-0.25, -0.2) is 0 Å². The number of hydrogen-bond acceptors (Lipinski definition) is 1. The van der Waals surface area contributed by atoms with Crippen molar-refractivity contribution in [2.24, 2.45) is 5.41 Å². The zero-order valence-corrected chi connectivity index (χ0v) is 20.8. The maximum absolute atomic E-state index is 3.73. The summed E-state index contributed by atoms with van der Waals surface area (Å²) in [6, 6.07) is 18.0. The van der Waals surface area contributed by atoms with Gasteiger partial charge >= 0.3 is 0 Å². The van der Waals surface area contributed by atoms with Gasteiger partial charge in [-0.15, -0.1) is 0 Å². The van der Waals surface area contributed by atoms with Crippen molar-refractivity contribution in [1.29, 1.82) is 0 Å². The third-order valence-corrected chi connectivity index (χ3v) is 5.72. The predicted octanol–water partition coefficient (Wildman–Crippen LogP) is 8.82. The van der Waals surface area contributed by atoms with Crippen LogP contribution in [0.5, 0.6) is 0 Å². The van der Waals surface area contributed by atoms with Gasteiger partial charge in [0.2, 0.25) is 0 Å². The highest BCUT2D eigenvalue weighted by Crippen LogP contribution is 2.29. The van der Waals surface area contributed by atoms with E-state index in [1.165, 1.54) is 22.4 Å². The van der Waals surface area contributed by atoms with Gasteiger partial charge in [-0.3, -0.25) is 0 Å². The van der Waals surface area contributed by atoms with Crippen LogP contribution in [0, 0.1) is 5.41 Å². The van der Waals surface area contributed by atoms with E-state index in [9.17, 15) is 0 Å². The third-order valence-electron chi connectivity index (χ3n) is 5.72. The van der Waals surface area contributed by atoms with Gasteiger partial charge in [0.05, 0.1) is 0 Å². The molecule has 0 heterocycles. The van der Waals surface area contributed by atoms with Crippen LogP contribution in [0.2, 0.25) is 0 Å². The van der Waals surface area contributed by atoms with Gasteiger partial charge in [0.1, 0.15) is 0 Å². The Kier molecular flexibility index (Phi) is 7.61. The lowest BCUT2D eigenvalue weighted by Gasteiger charge is -2.29. The quantitative estimate of drug-likeness (QED) is 0.485. The summed E-state index contributed by atoms with van der Waals surface area (Å²) in [7, 11) is 0. The summed E-state index contributed by atoms with van der Waals surface area (Å²) in [5.41, 5.74) is 5.76. The zero-order chi connectivity index (χ0) is 22.6. The van der Waals surface area contributed by atoms with Gasteiger partial charge in [0.25, 0.3) is 0 Å². The molecule has 2 aromatic rings. The molecule has 0 saturated heterocycles. The molecule has 1 N–H and O–H groups in total. The van der Waals surface area contributed by atoms with Gasteiger partial charge in [-0.05, 0) is 72.3 Å². The lowest BCUT2D eigenvalue weighted by atomic mass is 9.86. The van der Waals surface area contributed by atoms with Crippen molar-refractivity contribution in [1.82, 2.24) is 0 Å². The second-order valence-corrected chi connectivity index (χ2v) is 11.6. The molecule has 0 aromatic heterocycles. The van der Waals surface area contributed by atoms with E-state index in [1.807, 2.05) is 0 Å². The van der Waals surface area contributed by atoms with E-state index in [4.69, 9.17) is 0 Å². The van der Waals surface area contributed by atoms with E-state index in [0.717, 1.165) is 12.8 Å². The molecule has 1 heteroatoms. The second-order valence-electron chi connectivity index (χ2n) is 11.6. The summed E-state index contributed by atoms with van der Waals surface area (Å²) in [4.78, 5) is 0. The fraction of sp³-hybridized carbons (Fsp3) is 0.517. The maximum atomic E-state index is 3.73. The highest BCUT2D eigenvalue weighted by Gasteiger charge is 2.20. The average Bonchev–Trinajstić information content (AvgIpc) is 2.64. The Balaban J connectivity index is 1.92. The molecule has 0 bridgehead atoms. The Bertz CT molecular complexity index is 809. The van der Waals surface area contributed by atoms with Crippen LogP contribution >= 0.6 is 0 Å². The Morgan fingerprint density at radius 1 is 0.800 bits per heavy atom. The molecule has 0 saturated carbocycles. The van der Waals surface area contributed by atoms with Crippen molar-refractivity contribution in [3.8, 4) is 0 Å². The van der Waals surface area contributed by atoms with Gasteiger partial charge < -0.3 is 5.32 Å². The molecule has 0 amide bonds. The molecule has 0 radical (unpaired) electrons. The van der Waals surface area contributed by atoms with E-state index in [1.54, 1.807) is 0 Å². The molecule has 2 aromatic carbocycles. The minimum Gasteiger partial charge on any atom is -0.380 e. The number of rotatable bonds is 7. The normalized spacial score (nSPS) is 14.2. The molecule has 0 aliphatic rings. The van der Waals surface area contributed by atoms with E-state index >= 15 is 0 Å². The molecule has 1 unspecified atom stereocenters. The molecule has 0 spiro atoms. The van der Waals surface area contributed by atoms with Crippen LogP contribution < -0.4 is 5.32 Å². The average molecular weight is 406 g/mol. The largest absolute Gasteiger partial charge is 0.380 e. The smallest absolute Gasteiger partial charge is 0.0344 e. The van der Waals surface area contributed by atoms with E-state index in [0.29, 0.717) is 5.92 Å². The summed E-state index contributed by atoms with van der Waals surface area (Å²) < 4.78 is 0. The standard InChI is InChI=1S/C29H43N/c1-22(24-12-10-23(11-13-24)19-20-27(2,3)4)18-21-29(8,9)30-26-16-14-25(15-17-26)28(5,6)7/h10-17,19-20,22,30H,18,21H2,1-9H3. The first kappa shape index (κ1) is 24.3. The fourth-order valence-electron chi connectivity index (χ4n) is 3.53. The minimum atomic E-state index is 0.0624. The third kappa shape index (κ3) is 8.01. The SMILES string of the molecule is CC(CCC(C)(C)Nc1ccc(C(C)(C)C)cc1)c1ccc(C=CC(C)(C)C)cc1. The highest BCUT2D eigenvalue weighted by atomic mass is 15.0. The first-order chi connectivity index (χ1) is 13.8. The van der Waals surface area contributed by atoms with Crippen molar-refractivity contribution < 1.29 is 0 Å². The molecule has 0 aliphatic heterocycles. The number of allylic oxidation sites excluding steroid dienone is 1. The van der Waals surface area contributed by atoms with Crippen LogP contribution in [0.25, 0.3) is 6.08 Å². The first-order valence-electron chi connectivity index (χ1n) is 11.4. The van der Waals surface area contributed by atoms with Crippen LogP contribution in [0.15, 0.2) is 54.6 Å². The molecule has 2 rings (SSSR count). The molecule has 30 heavy (non-hydrogen) atoms. The Hall–Kier alpha value is -2.02. The molecular weight excluding hydrogens is 362 g/mol. The van der Waals surface area contributed by atoms with Gasteiger partial charge in [-0.1, -0.05) is 97.0 Å². The lowest BCUT2D eigenvalue weighted by molar-refractivity contribution is 0.471. The van der Waals surface area contributed by atoms with Crippen molar-refractivity contribution in [3.63, 3.8) is 0 Å². The van der Waals surface area contributed by atoms with Crippen molar-refractivity contribution in [2.45, 2.75) is 92.0 Å². The van der Waals surface area contributed by atoms with Crippen LogP contribution in [0.3, 0.4) is 0 Å². The van der Waals surface area contributed by atoms with E-state index < -0.39 is 0 Å². The Labute approximate surface area is 186 Å². The van der Waals surface area contributed by atoms with Crippen LogP contribution in [-0.4, -0.2) is 5.54 Å². The summed E-state index contributed by atoms with van der Waals surface area (Å²) in [5.74, 6) is 0.551. The van der Waals surface area contributed by atoms with E-state index in [2.05, 4.69) is 128 Å². The Morgan fingerprint density at radius 2 is 1.37 bits per heavy atom. The molecule has 0 fully saturated rings.